The maximum absolute atomic E-state index is 14.6. The second-order valence-electron chi connectivity index (χ2n) is 20.1. The van der Waals surface area contributed by atoms with Gasteiger partial charge in [-0.1, -0.05) is 32.4 Å². The summed E-state index contributed by atoms with van der Waals surface area (Å²) in [4.78, 5) is 18.6. The first kappa shape index (κ1) is 56.3. The zero-order valence-corrected chi connectivity index (χ0v) is 43.1. The molecule has 1 aromatic carbocycles. The zero-order valence-electron chi connectivity index (χ0n) is 41.5. The van der Waals surface area contributed by atoms with Crippen LogP contribution in [0.3, 0.4) is 0 Å². The fourth-order valence-corrected chi connectivity index (χ4v) is 11.8. The van der Waals surface area contributed by atoms with Crippen molar-refractivity contribution in [3.05, 3.63) is 53.8 Å². The molecule has 2 aromatic rings. The number of carbonyl (C=O) groups is 1. The second-order valence-corrected chi connectivity index (χ2v) is 22.6. The first-order valence-corrected chi connectivity index (χ1v) is 25.5. The lowest BCUT2D eigenvalue weighted by atomic mass is 9.75. The lowest BCUT2D eigenvalue weighted by Crippen LogP contribution is -2.69. The number of methoxy groups -OCH3 is 1. The first-order chi connectivity index (χ1) is 31.6. The van der Waals surface area contributed by atoms with Gasteiger partial charge in [-0.25, -0.2) is 8.42 Å². The van der Waals surface area contributed by atoms with E-state index in [1.807, 2.05) is 6.92 Å². The number of sulfonamides is 1. The van der Waals surface area contributed by atoms with Gasteiger partial charge >= 0.3 is 5.97 Å². The molecule has 1 aromatic heterocycles. The first-order valence-electron chi connectivity index (χ1n) is 23.6. The van der Waals surface area contributed by atoms with Crippen molar-refractivity contribution in [2.75, 3.05) is 32.6 Å². The Morgan fingerprint density at radius 3 is 2.19 bits per heavy atom. The van der Waals surface area contributed by atoms with Gasteiger partial charge in [0.2, 0.25) is 10.0 Å². The minimum Gasteiger partial charge on any atom is -0.459 e. The van der Waals surface area contributed by atoms with Crippen molar-refractivity contribution in [2.45, 2.75) is 190 Å². The average molecular weight is 1000 g/mol. The van der Waals surface area contributed by atoms with Crippen LogP contribution in [0.5, 0.6) is 0 Å². The van der Waals surface area contributed by atoms with Crippen LogP contribution < -0.4 is 10.6 Å². The Hall–Kier alpha value is -2.60. The van der Waals surface area contributed by atoms with Gasteiger partial charge in [0.25, 0.3) is 0 Å². The molecule has 0 radical (unpaired) electrons. The molecule has 18 atom stereocenters. The number of halogens is 1. The number of likely N-dealkylation sites (N-methyl/N-ethyl adjacent to an activating group) is 1. The number of cyclic esters (lactones) is 1. The van der Waals surface area contributed by atoms with E-state index in [4.69, 9.17) is 40.0 Å². The van der Waals surface area contributed by atoms with Crippen molar-refractivity contribution in [3.8, 4) is 0 Å². The SMILES string of the molecule is CC[C@H]1OC(=O)[C@H](C)[C@@H](O[C@H]2C[C@@](C)(OC)[C@](O)(CNc3ccncc3)[C@H](C)O2)[C@H](C)[C@@H](O[C@@H]2O[C@H](C)C[C@H](N(C)S(=O)(=O)c3ccc(Cl)cc3)[C@H]2O)[C@](C)(O)C[C@@H](C)CN[C@H](C)[C@@H](O)[C@]1(C)O. The summed E-state index contributed by atoms with van der Waals surface area (Å²) in [5.41, 5.74) is -5.87. The van der Waals surface area contributed by atoms with E-state index in [0.717, 1.165) is 4.31 Å². The lowest BCUT2D eigenvalue weighted by Gasteiger charge is -2.53. The topological polar surface area (TPSA) is 248 Å². The molecule has 0 unspecified atom stereocenters. The quantitative estimate of drug-likeness (QED) is 0.149. The van der Waals surface area contributed by atoms with Crippen molar-refractivity contribution in [2.24, 2.45) is 17.8 Å². The van der Waals surface area contributed by atoms with Crippen molar-refractivity contribution in [3.63, 3.8) is 0 Å². The molecular weight excluding hydrogens is 924 g/mol. The van der Waals surface area contributed by atoms with Crippen LogP contribution in [0.1, 0.15) is 94.9 Å². The molecule has 0 aliphatic carbocycles. The number of rotatable bonds is 12. The van der Waals surface area contributed by atoms with E-state index >= 15 is 0 Å². The van der Waals surface area contributed by atoms with Crippen LogP contribution in [-0.2, 0) is 43.2 Å². The molecule has 4 heterocycles. The molecule has 0 spiro atoms. The summed E-state index contributed by atoms with van der Waals surface area (Å²) in [7, 11) is -1.31. The standard InChI is InChI=1S/C48H77ClN4O14S/c1-13-37-47(10,58)41(55)31(6)51-25-27(2)23-45(8,57)42(67-44-39(54)36(22-28(3)63-44)53(11)68(60,61)35-16-14-33(49)15-17-35)29(4)40(30(5)43(56)65-37)66-38-24-46(9,62-12)48(59,32(7)64-38)26-52-34-18-20-50-21-19-34/h14-21,27-32,36-42,44,51,54-55,57-59H,13,22-26H2,1-12H3,(H,50,52)/t27-,28-,29+,30-,31-,32+,36+,37-,38+,39-,40+,41-,42-,44+,45-,46-,47-,48+/m1/s1. The van der Waals surface area contributed by atoms with Gasteiger partial charge in [-0.2, -0.15) is 4.31 Å². The van der Waals surface area contributed by atoms with Crippen LogP contribution in [0, 0.1) is 17.8 Å². The van der Waals surface area contributed by atoms with Crippen LogP contribution in [0.15, 0.2) is 53.7 Å². The molecule has 0 saturated carbocycles. The fraction of sp³-hybridized carbons (Fsp3) is 0.750. The monoisotopic (exact) mass is 1000 g/mol. The van der Waals surface area contributed by atoms with Crippen molar-refractivity contribution < 1.29 is 67.2 Å². The minimum absolute atomic E-state index is 0.0196. The fourth-order valence-electron chi connectivity index (χ4n) is 10.3. The molecule has 0 amide bonds. The van der Waals surface area contributed by atoms with Crippen LogP contribution >= 0.6 is 11.6 Å². The van der Waals surface area contributed by atoms with Crippen molar-refractivity contribution >= 4 is 33.3 Å². The number of hydrogen-bond donors (Lipinski definition) is 7. The Kier molecular flexibility index (Phi) is 18.6. The Balaban J connectivity index is 1.56. The summed E-state index contributed by atoms with van der Waals surface area (Å²) >= 11 is 6.07. The Labute approximate surface area is 407 Å². The predicted octanol–water partition coefficient (Wildman–Crippen LogP) is 3.85. The normalized spacial score (nSPS) is 41.6. The van der Waals surface area contributed by atoms with Crippen LogP contribution in [-0.4, -0.2) is 166 Å². The number of aliphatic hydroxyl groups excluding tert-OH is 2. The number of aromatic nitrogens is 1. The summed E-state index contributed by atoms with van der Waals surface area (Å²) in [5.74, 6) is -3.23. The minimum atomic E-state index is -4.16. The molecule has 68 heavy (non-hydrogen) atoms. The summed E-state index contributed by atoms with van der Waals surface area (Å²) in [5, 5.41) is 67.3. The summed E-state index contributed by atoms with van der Waals surface area (Å²) in [6.45, 7) is 17.1. The van der Waals surface area contributed by atoms with E-state index in [-0.39, 0.29) is 49.6 Å². The number of hydrogen-bond acceptors (Lipinski definition) is 17. The molecule has 3 saturated heterocycles. The molecule has 386 valence electrons. The molecule has 7 N–H and O–H groups in total. The third-order valence-electron chi connectivity index (χ3n) is 14.7. The number of carbonyl (C=O) groups excluding carboxylic acids is 1. The van der Waals surface area contributed by atoms with Gasteiger partial charge in [-0.3, -0.25) is 9.78 Å². The summed E-state index contributed by atoms with van der Waals surface area (Å²) in [6, 6.07) is 7.49. The number of pyridine rings is 1. The van der Waals surface area contributed by atoms with Gasteiger partial charge in [0.15, 0.2) is 12.6 Å². The highest BCUT2D eigenvalue weighted by Crippen LogP contribution is 2.44. The highest BCUT2D eigenvalue weighted by atomic mass is 35.5. The van der Waals surface area contributed by atoms with E-state index in [2.05, 4.69) is 15.6 Å². The number of nitrogens with zero attached hydrogens (tertiary/aromatic N) is 2. The summed E-state index contributed by atoms with van der Waals surface area (Å²) < 4.78 is 67.5. The van der Waals surface area contributed by atoms with E-state index in [9.17, 15) is 38.7 Å². The molecule has 3 fully saturated rings. The largest absolute Gasteiger partial charge is 0.459 e. The number of ether oxygens (including phenoxy) is 6. The van der Waals surface area contributed by atoms with Gasteiger partial charge in [0.05, 0.1) is 46.9 Å². The van der Waals surface area contributed by atoms with Crippen LogP contribution in [0.25, 0.3) is 0 Å². The van der Waals surface area contributed by atoms with E-state index in [0.29, 0.717) is 10.7 Å². The molecule has 5 rings (SSSR count). The molecule has 18 nitrogen and oxygen atoms in total. The van der Waals surface area contributed by atoms with Gasteiger partial charge in [0, 0.05) is 62.2 Å². The second kappa shape index (κ2) is 22.4. The predicted molar refractivity (Wildman–Crippen MR) is 254 cm³/mol. The van der Waals surface area contributed by atoms with Gasteiger partial charge in [-0.05, 0) is 117 Å². The molecule has 3 aliphatic heterocycles. The molecule has 0 bridgehead atoms. The number of benzene rings is 1. The van der Waals surface area contributed by atoms with Crippen LogP contribution in [0.2, 0.25) is 5.02 Å². The number of nitrogens with one attached hydrogen (secondary N) is 2. The number of aliphatic hydroxyl groups is 5. The highest BCUT2D eigenvalue weighted by Gasteiger charge is 2.59. The molecular formula is C48H77ClN4O14S. The zero-order chi connectivity index (χ0) is 50.7. The highest BCUT2D eigenvalue weighted by molar-refractivity contribution is 7.89. The van der Waals surface area contributed by atoms with Gasteiger partial charge in [-0.15, -0.1) is 0 Å². The lowest BCUT2D eigenvalue weighted by molar-refractivity contribution is -0.334. The average Bonchev–Trinajstić information content (AvgIpc) is 3.29. The Morgan fingerprint density at radius 1 is 0.956 bits per heavy atom. The Morgan fingerprint density at radius 2 is 1.59 bits per heavy atom. The van der Waals surface area contributed by atoms with E-state index < -0.39 is 118 Å². The van der Waals surface area contributed by atoms with E-state index in [1.165, 1.54) is 45.3 Å². The smallest absolute Gasteiger partial charge is 0.311 e. The summed E-state index contributed by atoms with van der Waals surface area (Å²) in [6.07, 6.45) is -7.29. The third-order valence-corrected chi connectivity index (χ3v) is 16.9. The maximum atomic E-state index is 14.6. The third kappa shape index (κ3) is 12.2. The molecule has 20 heteroatoms. The van der Waals surface area contributed by atoms with E-state index in [1.54, 1.807) is 79.9 Å². The number of esters is 1. The Bertz CT molecular complexity index is 2060. The van der Waals surface area contributed by atoms with Crippen LogP contribution in [0.4, 0.5) is 5.69 Å². The number of anilines is 1. The van der Waals surface area contributed by atoms with Crippen molar-refractivity contribution in [1.29, 1.82) is 0 Å². The van der Waals surface area contributed by atoms with Gasteiger partial charge < -0.3 is 64.6 Å². The van der Waals surface area contributed by atoms with Gasteiger partial charge in [0.1, 0.15) is 35.1 Å². The van der Waals surface area contributed by atoms with Crippen molar-refractivity contribution in [1.82, 2.24) is 14.6 Å². The maximum Gasteiger partial charge on any atom is 0.311 e. The molecule has 3 aliphatic rings.